The Bertz CT molecular complexity index is 595. The van der Waals surface area contributed by atoms with Crippen LogP contribution in [0.5, 0.6) is 0 Å². The number of nitrogens with zero attached hydrogens (tertiary/aromatic N) is 2. The zero-order chi connectivity index (χ0) is 15.0. The molecule has 1 saturated heterocycles. The number of hydrogen-bond acceptors (Lipinski definition) is 3. The van der Waals surface area contributed by atoms with Crippen LogP contribution in [0, 0.1) is 5.41 Å². The number of rotatable bonds is 2. The maximum Gasteiger partial charge on any atom is 0.245 e. The van der Waals surface area contributed by atoms with Crippen LogP contribution in [0.1, 0.15) is 23.8 Å². The first-order valence-electron chi connectivity index (χ1n) is 7.29. The number of thiophene rings is 1. The second-order valence-electron chi connectivity index (χ2n) is 6.12. The lowest BCUT2D eigenvalue weighted by molar-refractivity contribution is -0.141. The lowest BCUT2D eigenvalue weighted by atomic mass is 9.87. The Balaban J connectivity index is 1.71. The van der Waals surface area contributed by atoms with E-state index in [1.165, 1.54) is 16.5 Å². The summed E-state index contributed by atoms with van der Waals surface area (Å²) in [6.07, 6.45) is 3.01. The highest BCUT2D eigenvalue weighted by molar-refractivity contribution is 7.10. The fraction of sp³-hybridized carbons (Fsp3) is 0.500. The smallest absolute Gasteiger partial charge is 0.245 e. The van der Waals surface area contributed by atoms with Crippen LogP contribution in [0.3, 0.4) is 0 Å². The average molecular weight is 304 g/mol. The van der Waals surface area contributed by atoms with Crippen molar-refractivity contribution in [1.29, 1.82) is 0 Å². The Morgan fingerprint density at radius 2 is 2.19 bits per heavy atom. The summed E-state index contributed by atoms with van der Waals surface area (Å²) in [5.74, 6) is 0.101. The summed E-state index contributed by atoms with van der Waals surface area (Å²) >= 11 is 1.78. The lowest BCUT2D eigenvalue weighted by Gasteiger charge is -2.34. The summed E-state index contributed by atoms with van der Waals surface area (Å²) in [4.78, 5) is 29.7. The second-order valence-corrected chi connectivity index (χ2v) is 7.12. The maximum absolute atomic E-state index is 12.9. The fourth-order valence-electron chi connectivity index (χ4n) is 3.26. The largest absolute Gasteiger partial charge is 0.338 e. The van der Waals surface area contributed by atoms with Crippen LogP contribution >= 0.6 is 11.3 Å². The van der Waals surface area contributed by atoms with Crippen LogP contribution in [-0.4, -0.2) is 41.2 Å². The lowest BCUT2D eigenvalue weighted by Crippen LogP contribution is -2.46. The fourth-order valence-corrected chi connectivity index (χ4v) is 4.15. The van der Waals surface area contributed by atoms with Crippen molar-refractivity contribution in [3.63, 3.8) is 0 Å². The van der Waals surface area contributed by atoms with Crippen LogP contribution in [0.15, 0.2) is 24.1 Å². The summed E-state index contributed by atoms with van der Waals surface area (Å²) in [5.41, 5.74) is 0.826. The molecule has 1 unspecified atom stereocenters. The van der Waals surface area contributed by atoms with Crippen LogP contribution in [0.2, 0.25) is 0 Å². The average Bonchev–Trinajstić information content (AvgIpc) is 3.12. The van der Waals surface area contributed by atoms with Gasteiger partial charge >= 0.3 is 0 Å². The molecule has 112 valence electrons. The van der Waals surface area contributed by atoms with E-state index < -0.39 is 5.41 Å². The SMILES string of the molecule is C=CC(=O)N1CCC(C)(C(=O)N2CCc3sccc3C2)C1. The van der Waals surface area contributed by atoms with Gasteiger partial charge in [-0.1, -0.05) is 6.58 Å². The van der Waals surface area contributed by atoms with Crippen molar-refractivity contribution in [1.82, 2.24) is 9.80 Å². The molecule has 5 heteroatoms. The maximum atomic E-state index is 12.9. The first-order chi connectivity index (χ1) is 10.0. The van der Waals surface area contributed by atoms with Crippen LogP contribution < -0.4 is 0 Å². The van der Waals surface area contributed by atoms with Gasteiger partial charge in [0.05, 0.1) is 5.41 Å². The summed E-state index contributed by atoms with van der Waals surface area (Å²) in [7, 11) is 0. The number of hydrogen-bond donors (Lipinski definition) is 0. The number of amides is 2. The molecular weight excluding hydrogens is 284 g/mol. The third-order valence-corrected chi connectivity index (χ3v) is 5.59. The van der Waals surface area contributed by atoms with E-state index in [0.717, 1.165) is 19.4 Å². The standard InChI is InChI=1S/C16H20N2O2S/c1-3-14(19)18-8-6-16(2,11-18)15(20)17-7-4-13-12(10-17)5-9-21-13/h3,5,9H,1,4,6-8,10-11H2,2H3. The third kappa shape index (κ3) is 2.50. The molecule has 3 rings (SSSR count). The van der Waals surface area contributed by atoms with E-state index in [-0.39, 0.29) is 11.8 Å². The number of carbonyl (C=O) groups is 2. The molecule has 0 radical (unpaired) electrons. The minimum atomic E-state index is -0.452. The molecule has 1 atom stereocenters. The van der Waals surface area contributed by atoms with Crippen molar-refractivity contribution in [3.8, 4) is 0 Å². The molecule has 0 saturated carbocycles. The zero-order valence-electron chi connectivity index (χ0n) is 12.3. The summed E-state index contributed by atoms with van der Waals surface area (Å²) in [5, 5.41) is 2.10. The van der Waals surface area contributed by atoms with Gasteiger partial charge in [0.2, 0.25) is 11.8 Å². The van der Waals surface area contributed by atoms with Gasteiger partial charge in [0.1, 0.15) is 0 Å². The Hall–Kier alpha value is -1.62. The predicted molar refractivity (Wildman–Crippen MR) is 82.9 cm³/mol. The Morgan fingerprint density at radius 1 is 1.38 bits per heavy atom. The van der Waals surface area contributed by atoms with Crippen LogP contribution in [0.25, 0.3) is 0 Å². The predicted octanol–water partition coefficient (Wildman–Crippen LogP) is 2.06. The Kier molecular flexibility index (Phi) is 3.61. The monoisotopic (exact) mass is 304 g/mol. The highest BCUT2D eigenvalue weighted by Gasteiger charge is 2.44. The summed E-state index contributed by atoms with van der Waals surface area (Å²) < 4.78 is 0. The Morgan fingerprint density at radius 3 is 2.95 bits per heavy atom. The zero-order valence-corrected chi connectivity index (χ0v) is 13.1. The van der Waals surface area contributed by atoms with Crippen LogP contribution in [-0.2, 0) is 22.6 Å². The Labute approximate surface area is 129 Å². The van der Waals surface area contributed by atoms with Crippen LogP contribution in [0.4, 0.5) is 0 Å². The van der Waals surface area contributed by atoms with Crippen molar-refractivity contribution in [2.24, 2.45) is 5.41 Å². The summed E-state index contributed by atoms with van der Waals surface area (Å²) in [6, 6.07) is 2.12. The van der Waals surface area contributed by atoms with Crippen molar-refractivity contribution in [2.45, 2.75) is 26.3 Å². The highest BCUT2D eigenvalue weighted by Crippen LogP contribution is 2.34. The van der Waals surface area contributed by atoms with Gasteiger partial charge in [0.25, 0.3) is 0 Å². The molecule has 1 aromatic heterocycles. The first kappa shape index (κ1) is 14.3. The van der Waals surface area contributed by atoms with E-state index in [4.69, 9.17) is 0 Å². The third-order valence-electron chi connectivity index (χ3n) is 4.57. The topological polar surface area (TPSA) is 40.6 Å². The van der Waals surface area contributed by atoms with Gasteiger partial charge in [0.15, 0.2) is 0 Å². The minimum absolute atomic E-state index is 0.0784. The second kappa shape index (κ2) is 5.30. The molecule has 1 fully saturated rings. The molecule has 0 bridgehead atoms. The summed E-state index contributed by atoms with van der Waals surface area (Å²) in [6.45, 7) is 8.15. The molecule has 0 N–H and O–H groups in total. The minimum Gasteiger partial charge on any atom is -0.338 e. The van der Waals surface area contributed by atoms with E-state index in [2.05, 4.69) is 18.0 Å². The van der Waals surface area contributed by atoms with Gasteiger partial charge < -0.3 is 9.80 Å². The van der Waals surface area contributed by atoms with E-state index in [0.29, 0.717) is 19.6 Å². The van der Waals surface area contributed by atoms with Crippen molar-refractivity contribution in [3.05, 3.63) is 34.5 Å². The van der Waals surface area contributed by atoms with E-state index in [1.54, 1.807) is 16.2 Å². The van der Waals surface area contributed by atoms with Crippen molar-refractivity contribution >= 4 is 23.2 Å². The van der Waals surface area contributed by atoms with Gasteiger partial charge in [-0.2, -0.15) is 0 Å². The van der Waals surface area contributed by atoms with E-state index >= 15 is 0 Å². The molecule has 21 heavy (non-hydrogen) atoms. The van der Waals surface area contributed by atoms with Gasteiger partial charge in [-0.05, 0) is 42.9 Å². The molecule has 2 aliphatic rings. The molecular formula is C16H20N2O2S. The number of carbonyl (C=O) groups excluding carboxylic acids is 2. The first-order valence-corrected chi connectivity index (χ1v) is 8.17. The normalized spacial score (nSPS) is 24.8. The van der Waals surface area contributed by atoms with E-state index in [1.807, 2.05) is 11.8 Å². The molecule has 0 aromatic carbocycles. The number of fused-ring (bicyclic) bond motifs is 1. The quantitative estimate of drug-likeness (QED) is 0.785. The van der Waals surface area contributed by atoms with Gasteiger partial charge in [-0.25, -0.2) is 0 Å². The van der Waals surface area contributed by atoms with Gasteiger partial charge in [-0.3, -0.25) is 9.59 Å². The molecule has 2 amide bonds. The molecule has 4 nitrogen and oxygen atoms in total. The van der Waals surface area contributed by atoms with Crippen molar-refractivity contribution in [2.75, 3.05) is 19.6 Å². The van der Waals surface area contributed by atoms with Gasteiger partial charge in [-0.15, -0.1) is 11.3 Å². The molecule has 2 aliphatic heterocycles. The molecule has 0 spiro atoms. The molecule has 1 aromatic rings. The van der Waals surface area contributed by atoms with E-state index in [9.17, 15) is 9.59 Å². The highest BCUT2D eigenvalue weighted by atomic mass is 32.1. The molecule has 3 heterocycles. The number of likely N-dealkylation sites (tertiary alicyclic amines) is 1. The van der Waals surface area contributed by atoms with Crippen molar-refractivity contribution < 1.29 is 9.59 Å². The molecule has 0 aliphatic carbocycles. The van der Waals surface area contributed by atoms with Gasteiger partial charge in [0, 0.05) is 31.1 Å².